The van der Waals surface area contributed by atoms with E-state index in [1.165, 1.54) is 24.8 Å². The van der Waals surface area contributed by atoms with Gasteiger partial charge in [0.2, 0.25) is 0 Å². The molecule has 2 heterocycles. The summed E-state index contributed by atoms with van der Waals surface area (Å²) < 4.78 is 7.58. The molecule has 0 aliphatic carbocycles. The minimum Gasteiger partial charge on any atom is -0.497 e. The van der Waals surface area contributed by atoms with E-state index in [0.717, 1.165) is 24.5 Å². The van der Waals surface area contributed by atoms with E-state index in [9.17, 15) is 4.79 Å². The number of hydrogen-bond acceptors (Lipinski definition) is 4. The van der Waals surface area contributed by atoms with Crippen molar-refractivity contribution in [3.05, 3.63) is 76.8 Å². The summed E-state index contributed by atoms with van der Waals surface area (Å²) in [6, 6.07) is 17.9. The molecule has 7 heteroatoms. The molecule has 1 aromatic heterocycles. The number of benzene rings is 2. The largest absolute Gasteiger partial charge is 0.497 e. The van der Waals surface area contributed by atoms with Gasteiger partial charge >= 0.3 is 0 Å². The van der Waals surface area contributed by atoms with Gasteiger partial charge in [0.05, 0.1) is 13.2 Å². The molecular formula is C24H28N4O2S. The maximum Gasteiger partial charge on any atom is 0.269 e. The van der Waals surface area contributed by atoms with E-state index in [2.05, 4.69) is 27.3 Å². The third kappa shape index (κ3) is 4.89. The molecule has 4 rings (SSSR count). The summed E-state index contributed by atoms with van der Waals surface area (Å²) in [7, 11) is 1.67. The lowest BCUT2D eigenvalue weighted by molar-refractivity contribution is 0.0917. The number of likely N-dealkylation sites (tertiary alicyclic amines) is 1. The number of aromatic nitrogens is 2. The Morgan fingerprint density at radius 2 is 1.81 bits per heavy atom. The summed E-state index contributed by atoms with van der Waals surface area (Å²) >= 11 is 5.42. The van der Waals surface area contributed by atoms with Gasteiger partial charge < -0.3 is 15.0 Å². The quantitative estimate of drug-likeness (QED) is 0.536. The minimum absolute atomic E-state index is 0.113. The predicted octanol–water partition coefficient (Wildman–Crippen LogP) is 4.50. The number of para-hydroxylation sites is 1. The number of ether oxygens (including phenoxy) is 1. The van der Waals surface area contributed by atoms with Crippen molar-refractivity contribution >= 4 is 18.1 Å². The highest BCUT2D eigenvalue weighted by molar-refractivity contribution is 7.71. The smallest absolute Gasteiger partial charge is 0.269 e. The lowest BCUT2D eigenvalue weighted by Crippen LogP contribution is -2.41. The average molecular weight is 437 g/mol. The fourth-order valence-electron chi connectivity index (χ4n) is 4.16. The molecule has 6 nitrogen and oxygen atoms in total. The van der Waals surface area contributed by atoms with Crippen molar-refractivity contribution in [1.29, 1.82) is 0 Å². The Morgan fingerprint density at radius 3 is 2.48 bits per heavy atom. The first-order valence-electron chi connectivity index (χ1n) is 10.7. The molecule has 0 saturated carbocycles. The number of carbonyl (C=O) groups excluding carboxylic acids is 1. The molecule has 31 heavy (non-hydrogen) atoms. The van der Waals surface area contributed by atoms with Crippen molar-refractivity contribution < 1.29 is 9.53 Å². The number of nitrogens with one attached hydrogen (secondary N) is 2. The number of methoxy groups -OCH3 is 1. The first-order valence-corrected chi connectivity index (χ1v) is 11.1. The zero-order valence-corrected chi connectivity index (χ0v) is 18.5. The Labute approximate surface area is 187 Å². The van der Waals surface area contributed by atoms with E-state index in [1.54, 1.807) is 17.9 Å². The van der Waals surface area contributed by atoms with Crippen molar-refractivity contribution in [1.82, 2.24) is 19.8 Å². The average Bonchev–Trinajstić information content (AvgIpc) is 3.22. The molecule has 1 saturated heterocycles. The number of rotatable bonds is 7. The number of carbonyl (C=O) groups is 1. The van der Waals surface area contributed by atoms with E-state index in [0.29, 0.717) is 17.0 Å². The van der Waals surface area contributed by atoms with Crippen LogP contribution in [0.25, 0.3) is 5.69 Å². The van der Waals surface area contributed by atoms with Crippen molar-refractivity contribution in [2.75, 3.05) is 26.7 Å². The van der Waals surface area contributed by atoms with Gasteiger partial charge in [-0.05, 0) is 68.0 Å². The van der Waals surface area contributed by atoms with Crippen molar-refractivity contribution in [2.45, 2.75) is 25.3 Å². The van der Waals surface area contributed by atoms with Gasteiger partial charge in [0, 0.05) is 18.4 Å². The minimum atomic E-state index is -0.147. The first kappa shape index (κ1) is 21.3. The van der Waals surface area contributed by atoms with Gasteiger partial charge in [-0.2, -0.15) is 0 Å². The lowest BCUT2D eigenvalue weighted by atomic mass is 10.0. The van der Waals surface area contributed by atoms with Crippen LogP contribution in [0.1, 0.15) is 41.4 Å². The highest BCUT2D eigenvalue weighted by Crippen LogP contribution is 2.26. The Hall–Kier alpha value is -2.90. The molecule has 1 unspecified atom stereocenters. The Balaban J connectivity index is 1.54. The molecule has 1 fully saturated rings. The maximum absolute atomic E-state index is 13.1. The molecule has 0 radical (unpaired) electrons. The highest BCUT2D eigenvalue weighted by atomic mass is 32.1. The van der Waals surface area contributed by atoms with Crippen LogP contribution < -0.4 is 10.1 Å². The zero-order chi connectivity index (χ0) is 21.6. The van der Waals surface area contributed by atoms with E-state index >= 15 is 0 Å². The number of H-pyrrole nitrogens is 1. The van der Waals surface area contributed by atoms with Crippen LogP contribution in [0.15, 0.2) is 60.8 Å². The van der Waals surface area contributed by atoms with Gasteiger partial charge in [0.15, 0.2) is 4.77 Å². The molecule has 1 atom stereocenters. The SMILES string of the molecule is COc1ccc(C(CNC(=O)c2c[nH]c(=S)n2-c2ccccc2)N2CCCCC2)cc1. The molecule has 162 valence electrons. The highest BCUT2D eigenvalue weighted by Gasteiger charge is 2.24. The Bertz CT molecular complexity index is 1050. The number of hydrogen-bond donors (Lipinski definition) is 2. The normalized spacial score (nSPS) is 15.4. The number of piperidine rings is 1. The van der Waals surface area contributed by atoms with Crippen LogP contribution in [0.3, 0.4) is 0 Å². The fraction of sp³-hybridized carbons (Fsp3) is 0.333. The molecular weight excluding hydrogens is 408 g/mol. The molecule has 2 N–H and O–H groups in total. The van der Waals surface area contributed by atoms with Crippen molar-refractivity contribution in [3.8, 4) is 11.4 Å². The first-order chi connectivity index (χ1) is 15.2. The second-order valence-electron chi connectivity index (χ2n) is 7.75. The molecule has 0 bridgehead atoms. The van der Waals surface area contributed by atoms with E-state index in [4.69, 9.17) is 17.0 Å². The summed E-state index contributed by atoms with van der Waals surface area (Å²) in [6.45, 7) is 2.60. The number of nitrogens with zero attached hydrogens (tertiary/aromatic N) is 2. The van der Waals surface area contributed by atoms with Gasteiger partial charge in [0.1, 0.15) is 11.4 Å². The predicted molar refractivity (Wildman–Crippen MR) is 124 cm³/mol. The zero-order valence-electron chi connectivity index (χ0n) is 17.7. The molecule has 1 aliphatic rings. The van der Waals surface area contributed by atoms with E-state index in [-0.39, 0.29) is 11.9 Å². The summed E-state index contributed by atoms with van der Waals surface area (Å²) in [5.74, 6) is 0.686. The van der Waals surface area contributed by atoms with Gasteiger partial charge in [-0.1, -0.05) is 36.8 Å². The van der Waals surface area contributed by atoms with Crippen LogP contribution in [-0.2, 0) is 0 Å². The Morgan fingerprint density at radius 1 is 1.10 bits per heavy atom. The van der Waals surface area contributed by atoms with Crippen molar-refractivity contribution in [2.24, 2.45) is 0 Å². The Kier molecular flexibility index (Phi) is 6.84. The maximum atomic E-state index is 13.1. The van der Waals surface area contributed by atoms with Gasteiger partial charge in [-0.25, -0.2) is 0 Å². The molecule has 2 aromatic carbocycles. The summed E-state index contributed by atoms with van der Waals surface area (Å²) in [4.78, 5) is 18.6. The third-order valence-corrected chi connectivity index (χ3v) is 6.11. The fourth-order valence-corrected chi connectivity index (χ4v) is 4.43. The second-order valence-corrected chi connectivity index (χ2v) is 8.13. The summed E-state index contributed by atoms with van der Waals surface area (Å²) in [6.07, 6.45) is 5.31. The second kappa shape index (κ2) is 9.94. The van der Waals surface area contributed by atoms with E-state index < -0.39 is 0 Å². The number of amides is 1. The van der Waals surface area contributed by atoms with E-state index in [1.807, 2.05) is 42.5 Å². The van der Waals surface area contributed by atoms with Crippen LogP contribution in [0, 0.1) is 4.77 Å². The molecule has 3 aromatic rings. The molecule has 0 spiro atoms. The third-order valence-electron chi connectivity index (χ3n) is 5.81. The molecule has 1 aliphatic heterocycles. The summed E-state index contributed by atoms with van der Waals surface area (Å²) in [5.41, 5.74) is 2.54. The lowest BCUT2D eigenvalue weighted by Gasteiger charge is -2.35. The number of aromatic amines is 1. The van der Waals surface area contributed by atoms with Crippen LogP contribution in [0.4, 0.5) is 0 Å². The molecule has 1 amide bonds. The van der Waals surface area contributed by atoms with Crippen LogP contribution in [-0.4, -0.2) is 47.1 Å². The van der Waals surface area contributed by atoms with Crippen LogP contribution in [0.2, 0.25) is 0 Å². The van der Waals surface area contributed by atoms with Crippen LogP contribution >= 0.6 is 12.2 Å². The standard InChI is InChI=1S/C24H28N4O2S/c1-30-20-12-10-18(11-13-20)21(27-14-6-3-7-15-27)16-25-23(29)22-17-26-24(31)28(22)19-8-4-2-5-9-19/h2,4-5,8-13,17,21H,3,6-7,14-16H2,1H3,(H,25,29)(H,26,31). The van der Waals surface area contributed by atoms with Crippen molar-refractivity contribution in [3.63, 3.8) is 0 Å². The monoisotopic (exact) mass is 436 g/mol. The van der Waals surface area contributed by atoms with Gasteiger partial charge in [-0.15, -0.1) is 0 Å². The van der Waals surface area contributed by atoms with Gasteiger partial charge in [0.25, 0.3) is 5.91 Å². The number of imidazole rings is 1. The van der Waals surface area contributed by atoms with Gasteiger partial charge in [-0.3, -0.25) is 14.3 Å². The topological polar surface area (TPSA) is 62.3 Å². The van der Waals surface area contributed by atoms with Crippen LogP contribution in [0.5, 0.6) is 5.75 Å². The summed E-state index contributed by atoms with van der Waals surface area (Å²) in [5, 5.41) is 3.15.